The lowest BCUT2D eigenvalue weighted by molar-refractivity contribution is -0.147. The molecule has 2 rings (SSSR count). The minimum absolute atomic E-state index is 0.564. The van der Waals surface area contributed by atoms with Crippen LogP contribution >= 0.6 is 11.3 Å². The van der Waals surface area contributed by atoms with Crippen molar-refractivity contribution in [1.82, 2.24) is 4.98 Å². The third-order valence-corrected chi connectivity index (χ3v) is 4.01. The molecule has 0 aliphatic carbocycles. The van der Waals surface area contributed by atoms with Crippen molar-refractivity contribution < 1.29 is 9.90 Å². The van der Waals surface area contributed by atoms with Crippen molar-refractivity contribution in [3.63, 3.8) is 0 Å². The van der Waals surface area contributed by atoms with Crippen molar-refractivity contribution in [2.45, 2.75) is 19.8 Å². The molecule has 0 spiro atoms. The molecule has 1 fully saturated rings. The van der Waals surface area contributed by atoms with Crippen LogP contribution in [-0.4, -0.2) is 29.1 Å². The zero-order valence-corrected chi connectivity index (χ0v) is 9.46. The first kappa shape index (κ1) is 10.4. The first-order chi connectivity index (χ1) is 7.18. The highest BCUT2D eigenvalue weighted by Crippen LogP contribution is 2.37. The number of aliphatic carboxylic acids is 1. The van der Waals surface area contributed by atoms with E-state index in [1.165, 1.54) is 0 Å². The third kappa shape index (κ3) is 1.71. The van der Waals surface area contributed by atoms with Gasteiger partial charge in [-0.25, -0.2) is 4.98 Å². The number of carbonyl (C=O) groups is 1. The number of hydrogen-bond donors (Lipinski definition) is 1. The number of carboxylic acids is 1. The van der Waals surface area contributed by atoms with Crippen LogP contribution in [0.25, 0.3) is 0 Å². The van der Waals surface area contributed by atoms with E-state index in [0.29, 0.717) is 13.0 Å². The van der Waals surface area contributed by atoms with Crippen LogP contribution in [0.5, 0.6) is 0 Å². The van der Waals surface area contributed by atoms with Crippen LogP contribution in [-0.2, 0) is 4.79 Å². The van der Waals surface area contributed by atoms with E-state index in [1.807, 2.05) is 12.3 Å². The van der Waals surface area contributed by atoms with Gasteiger partial charge in [0, 0.05) is 24.7 Å². The average Bonchev–Trinajstić information content (AvgIpc) is 2.87. The molecular formula is C10H14N2O2S. The summed E-state index contributed by atoms with van der Waals surface area (Å²) < 4.78 is 0. The summed E-state index contributed by atoms with van der Waals surface area (Å²) in [6.07, 6.45) is 3.16. The summed E-state index contributed by atoms with van der Waals surface area (Å²) >= 11 is 1.57. The van der Waals surface area contributed by atoms with Crippen molar-refractivity contribution >= 4 is 22.4 Å². The minimum atomic E-state index is -0.677. The molecule has 1 unspecified atom stereocenters. The predicted octanol–water partition coefficient (Wildman–Crippen LogP) is 1.83. The van der Waals surface area contributed by atoms with Crippen LogP contribution in [0, 0.1) is 5.41 Å². The first-order valence-electron chi connectivity index (χ1n) is 5.06. The lowest BCUT2D eigenvalue weighted by atomic mass is 9.84. The Morgan fingerprint density at radius 1 is 1.80 bits per heavy atom. The van der Waals surface area contributed by atoms with Gasteiger partial charge in [0.05, 0.1) is 5.41 Å². The van der Waals surface area contributed by atoms with E-state index in [-0.39, 0.29) is 0 Å². The van der Waals surface area contributed by atoms with E-state index in [1.54, 1.807) is 17.5 Å². The lowest BCUT2D eigenvalue weighted by Crippen LogP contribution is -2.34. The summed E-state index contributed by atoms with van der Waals surface area (Å²) in [7, 11) is 0. The standard InChI is InChI=1S/C10H14N2O2S/c1-2-10(8(13)14)3-5-12(7-10)9-11-4-6-15-9/h4,6H,2-3,5,7H2,1H3,(H,13,14). The molecule has 1 aromatic rings. The largest absolute Gasteiger partial charge is 0.481 e. The average molecular weight is 226 g/mol. The Kier molecular flexibility index (Phi) is 2.65. The van der Waals surface area contributed by atoms with Crippen LogP contribution in [0.15, 0.2) is 11.6 Å². The minimum Gasteiger partial charge on any atom is -0.481 e. The van der Waals surface area contributed by atoms with Crippen molar-refractivity contribution in [1.29, 1.82) is 0 Å². The van der Waals surface area contributed by atoms with E-state index >= 15 is 0 Å². The van der Waals surface area contributed by atoms with Gasteiger partial charge in [-0.1, -0.05) is 6.92 Å². The Bertz CT molecular complexity index is 352. The Labute approximate surface area is 92.6 Å². The van der Waals surface area contributed by atoms with E-state index in [9.17, 15) is 9.90 Å². The topological polar surface area (TPSA) is 53.4 Å². The van der Waals surface area contributed by atoms with Gasteiger partial charge in [0.2, 0.25) is 0 Å². The second-order valence-corrected chi connectivity index (χ2v) is 4.80. The van der Waals surface area contributed by atoms with Gasteiger partial charge in [-0.2, -0.15) is 0 Å². The smallest absolute Gasteiger partial charge is 0.311 e. The fraction of sp³-hybridized carbons (Fsp3) is 0.600. The molecule has 0 saturated carbocycles. The number of anilines is 1. The van der Waals surface area contributed by atoms with Gasteiger partial charge < -0.3 is 10.0 Å². The number of rotatable bonds is 3. The normalized spacial score (nSPS) is 25.8. The second kappa shape index (κ2) is 3.81. The highest BCUT2D eigenvalue weighted by Gasteiger charge is 2.43. The summed E-state index contributed by atoms with van der Waals surface area (Å²) in [5.74, 6) is -0.677. The molecule has 1 atom stereocenters. The van der Waals surface area contributed by atoms with E-state index in [2.05, 4.69) is 9.88 Å². The zero-order valence-electron chi connectivity index (χ0n) is 8.64. The molecule has 1 N–H and O–H groups in total. The number of nitrogens with zero attached hydrogens (tertiary/aromatic N) is 2. The molecule has 1 saturated heterocycles. The quantitative estimate of drug-likeness (QED) is 0.854. The van der Waals surface area contributed by atoms with E-state index in [4.69, 9.17) is 0 Å². The molecule has 0 amide bonds. The molecule has 4 nitrogen and oxygen atoms in total. The number of carboxylic acid groups (broad SMARTS) is 1. The van der Waals surface area contributed by atoms with Crippen LogP contribution in [0.1, 0.15) is 19.8 Å². The molecule has 0 bridgehead atoms. The summed E-state index contributed by atoms with van der Waals surface area (Å²) in [5.41, 5.74) is -0.564. The van der Waals surface area contributed by atoms with Crippen molar-refractivity contribution in [3.05, 3.63) is 11.6 Å². The Balaban J connectivity index is 2.15. The Morgan fingerprint density at radius 3 is 3.07 bits per heavy atom. The predicted molar refractivity (Wildman–Crippen MR) is 59.3 cm³/mol. The molecule has 2 heterocycles. The molecule has 1 aromatic heterocycles. The zero-order chi connectivity index (χ0) is 10.9. The number of aromatic nitrogens is 1. The van der Waals surface area contributed by atoms with Gasteiger partial charge in [-0.15, -0.1) is 11.3 Å². The van der Waals surface area contributed by atoms with Crippen LogP contribution in [0.4, 0.5) is 5.13 Å². The van der Waals surface area contributed by atoms with Crippen molar-refractivity contribution in [2.75, 3.05) is 18.0 Å². The van der Waals surface area contributed by atoms with E-state index < -0.39 is 11.4 Å². The van der Waals surface area contributed by atoms with Crippen LogP contribution < -0.4 is 4.90 Å². The van der Waals surface area contributed by atoms with Crippen molar-refractivity contribution in [2.24, 2.45) is 5.41 Å². The molecular weight excluding hydrogens is 212 g/mol. The van der Waals surface area contributed by atoms with Crippen LogP contribution in [0.2, 0.25) is 0 Å². The van der Waals surface area contributed by atoms with Gasteiger partial charge in [0.15, 0.2) is 5.13 Å². The van der Waals surface area contributed by atoms with Gasteiger partial charge in [0.1, 0.15) is 0 Å². The van der Waals surface area contributed by atoms with Crippen LogP contribution in [0.3, 0.4) is 0 Å². The fourth-order valence-electron chi connectivity index (χ4n) is 2.02. The van der Waals surface area contributed by atoms with Gasteiger partial charge in [-0.05, 0) is 12.8 Å². The monoisotopic (exact) mass is 226 g/mol. The van der Waals surface area contributed by atoms with Gasteiger partial charge in [-0.3, -0.25) is 4.79 Å². The Morgan fingerprint density at radius 2 is 2.60 bits per heavy atom. The van der Waals surface area contributed by atoms with Crippen molar-refractivity contribution in [3.8, 4) is 0 Å². The summed E-state index contributed by atoms with van der Waals surface area (Å²) in [5, 5.41) is 12.1. The SMILES string of the molecule is CCC1(C(=O)O)CCN(c2nccs2)C1. The fourth-order valence-corrected chi connectivity index (χ4v) is 2.69. The highest BCUT2D eigenvalue weighted by molar-refractivity contribution is 7.13. The molecule has 1 aliphatic heterocycles. The maximum Gasteiger partial charge on any atom is 0.311 e. The molecule has 0 aromatic carbocycles. The molecule has 5 heteroatoms. The van der Waals surface area contributed by atoms with Gasteiger partial charge in [0.25, 0.3) is 0 Å². The summed E-state index contributed by atoms with van der Waals surface area (Å²) in [4.78, 5) is 17.5. The number of hydrogen-bond acceptors (Lipinski definition) is 4. The number of thiazole rings is 1. The lowest BCUT2D eigenvalue weighted by Gasteiger charge is -2.22. The third-order valence-electron chi connectivity index (χ3n) is 3.17. The van der Waals surface area contributed by atoms with Gasteiger partial charge >= 0.3 is 5.97 Å². The first-order valence-corrected chi connectivity index (χ1v) is 5.94. The maximum atomic E-state index is 11.2. The molecule has 1 aliphatic rings. The van der Waals surface area contributed by atoms with E-state index in [0.717, 1.165) is 18.1 Å². The summed E-state index contributed by atoms with van der Waals surface area (Å²) in [6, 6.07) is 0. The summed E-state index contributed by atoms with van der Waals surface area (Å²) in [6.45, 7) is 3.33. The molecule has 15 heavy (non-hydrogen) atoms. The molecule has 0 radical (unpaired) electrons. The highest BCUT2D eigenvalue weighted by atomic mass is 32.1. The molecule has 82 valence electrons. The Hall–Kier alpha value is -1.10. The maximum absolute atomic E-state index is 11.2. The second-order valence-electron chi connectivity index (χ2n) is 3.93.